The number of hydrogen-bond acceptors (Lipinski definition) is 4. The molecule has 0 N–H and O–H groups in total. The van der Waals surface area contributed by atoms with E-state index in [1.54, 1.807) is 0 Å². The van der Waals surface area contributed by atoms with Crippen molar-refractivity contribution >= 4 is 10.0 Å². The van der Waals surface area contributed by atoms with E-state index < -0.39 is 15.8 Å². The van der Waals surface area contributed by atoms with E-state index in [4.69, 9.17) is 9.47 Å². The molecule has 7 heteroatoms. The minimum absolute atomic E-state index is 0.00739. The molecule has 2 heterocycles. The predicted molar refractivity (Wildman–Crippen MR) is 83.1 cm³/mol. The molecular weight excluding hydrogens is 321 g/mol. The number of nitrogens with zero attached hydrogens (tertiary/aromatic N) is 1. The molecule has 128 valence electrons. The van der Waals surface area contributed by atoms with Gasteiger partial charge < -0.3 is 9.47 Å². The summed E-state index contributed by atoms with van der Waals surface area (Å²) in [5, 5.41) is 0. The molecule has 0 saturated carbocycles. The molecule has 2 fully saturated rings. The van der Waals surface area contributed by atoms with Crippen molar-refractivity contribution in [3.8, 4) is 0 Å². The zero-order valence-corrected chi connectivity index (χ0v) is 14.0. The third-order valence-electron chi connectivity index (χ3n) is 4.64. The Morgan fingerprint density at radius 1 is 1.39 bits per heavy atom. The minimum Gasteiger partial charge on any atom is -0.376 e. The van der Waals surface area contributed by atoms with E-state index >= 15 is 0 Å². The molecule has 0 aliphatic carbocycles. The van der Waals surface area contributed by atoms with Crippen molar-refractivity contribution in [2.45, 2.75) is 42.8 Å². The van der Waals surface area contributed by atoms with Crippen molar-refractivity contribution in [1.29, 1.82) is 0 Å². The van der Waals surface area contributed by atoms with Gasteiger partial charge >= 0.3 is 0 Å². The smallest absolute Gasteiger partial charge is 0.243 e. The van der Waals surface area contributed by atoms with Crippen molar-refractivity contribution < 1.29 is 22.3 Å². The SMILES string of the molecule is CCO[C@@H]1COC2(CCN(S(=O)(=O)c3cccc(F)c3)CC2)C1. The third kappa shape index (κ3) is 3.42. The van der Waals surface area contributed by atoms with Crippen LogP contribution in [0.4, 0.5) is 4.39 Å². The summed E-state index contributed by atoms with van der Waals surface area (Å²) >= 11 is 0. The quantitative estimate of drug-likeness (QED) is 0.841. The zero-order chi connectivity index (χ0) is 16.5. The van der Waals surface area contributed by atoms with Crippen molar-refractivity contribution in [2.24, 2.45) is 0 Å². The zero-order valence-electron chi connectivity index (χ0n) is 13.2. The Kier molecular flexibility index (Phi) is 4.73. The van der Waals surface area contributed by atoms with Gasteiger partial charge in [0.15, 0.2) is 0 Å². The summed E-state index contributed by atoms with van der Waals surface area (Å²) in [6.07, 6.45) is 2.21. The topological polar surface area (TPSA) is 55.8 Å². The maximum Gasteiger partial charge on any atom is 0.243 e. The Labute approximate surface area is 136 Å². The monoisotopic (exact) mass is 343 g/mol. The summed E-state index contributed by atoms with van der Waals surface area (Å²) < 4.78 is 51.5. The second kappa shape index (κ2) is 6.47. The van der Waals surface area contributed by atoms with E-state index in [0.717, 1.165) is 12.5 Å². The Morgan fingerprint density at radius 3 is 2.78 bits per heavy atom. The highest BCUT2D eigenvalue weighted by atomic mass is 32.2. The van der Waals surface area contributed by atoms with E-state index in [1.807, 2.05) is 6.92 Å². The average Bonchev–Trinajstić information content (AvgIpc) is 2.91. The third-order valence-corrected chi connectivity index (χ3v) is 6.54. The van der Waals surface area contributed by atoms with Crippen molar-refractivity contribution in [1.82, 2.24) is 4.31 Å². The lowest BCUT2D eigenvalue weighted by Gasteiger charge is -2.37. The number of rotatable bonds is 4. The van der Waals surface area contributed by atoms with Crippen LogP contribution >= 0.6 is 0 Å². The molecule has 0 radical (unpaired) electrons. The molecule has 0 unspecified atom stereocenters. The van der Waals surface area contributed by atoms with Gasteiger partial charge in [0.25, 0.3) is 0 Å². The maximum atomic E-state index is 13.3. The largest absolute Gasteiger partial charge is 0.376 e. The predicted octanol–water partition coefficient (Wildman–Crippen LogP) is 2.17. The van der Waals surface area contributed by atoms with E-state index in [2.05, 4.69) is 0 Å². The molecule has 2 aliphatic rings. The second-order valence-electron chi connectivity index (χ2n) is 6.14. The number of ether oxygens (including phenoxy) is 2. The molecule has 1 atom stereocenters. The number of halogens is 1. The fourth-order valence-electron chi connectivity index (χ4n) is 3.40. The van der Waals surface area contributed by atoms with Gasteiger partial charge in [0.2, 0.25) is 10.0 Å². The van der Waals surface area contributed by atoms with Crippen molar-refractivity contribution in [2.75, 3.05) is 26.3 Å². The van der Waals surface area contributed by atoms with Gasteiger partial charge in [-0.3, -0.25) is 0 Å². The van der Waals surface area contributed by atoms with Gasteiger partial charge in [-0.2, -0.15) is 4.31 Å². The Hall–Kier alpha value is -1.02. The van der Waals surface area contributed by atoms with Crippen LogP contribution in [-0.2, 0) is 19.5 Å². The van der Waals surface area contributed by atoms with Crippen LogP contribution in [0.25, 0.3) is 0 Å². The van der Waals surface area contributed by atoms with Gasteiger partial charge in [0.05, 0.1) is 23.2 Å². The molecular formula is C16H22FNO4S. The number of benzene rings is 1. The van der Waals surface area contributed by atoms with Gasteiger partial charge in [-0.05, 0) is 38.0 Å². The second-order valence-corrected chi connectivity index (χ2v) is 8.07. The standard InChI is InChI=1S/C16H22FNO4S/c1-2-21-14-11-16(22-12-14)6-8-18(9-7-16)23(19,20)15-5-3-4-13(17)10-15/h3-5,10,14H,2,6-9,11-12H2,1H3/t14-/m0/s1. The Morgan fingerprint density at radius 2 is 2.13 bits per heavy atom. The van der Waals surface area contributed by atoms with Crippen LogP contribution in [0.2, 0.25) is 0 Å². The lowest BCUT2D eigenvalue weighted by atomic mass is 9.89. The summed E-state index contributed by atoms with van der Waals surface area (Å²) in [5.41, 5.74) is -0.270. The molecule has 23 heavy (non-hydrogen) atoms. The Balaban J connectivity index is 1.67. The van der Waals surface area contributed by atoms with Crippen LogP contribution < -0.4 is 0 Å². The van der Waals surface area contributed by atoms with Crippen LogP contribution in [-0.4, -0.2) is 50.7 Å². The van der Waals surface area contributed by atoms with Crippen molar-refractivity contribution in [3.05, 3.63) is 30.1 Å². The van der Waals surface area contributed by atoms with Crippen LogP contribution in [0.15, 0.2) is 29.2 Å². The van der Waals surface area contributed by atoms with Gasteiger partial charge in [-0.1, -0.05) is 6.07 Å². The molecule has 0 amide bonds. The first-order valence-corrected chi connectivity index (χ1v) is 9.40. The lowest BCUT2D eigenvalue weighted by Crippen LogP contribution is -2.46. The van der Waals surface area contributed by atoms with Gasteiger partial charge in [-0.15, -0.1) is 0 Å². The Bertz CT molecular complexity index is 656. The minimum atomic E-state index is -3.65. The molecule has 2 aliphatic heterocycles. The summed E-state index contributed by atoms with van der Waals surface area (Å²) in [6, 6.07) is 5.15. The van der Waals surface area contributed by atoms with E-state index in [0.29, 0.717) is 39.1 Å². The fraction of sp³-hybridized carbons (Fsp3) is 0.625. The molecule has 1 aromatic rings. The molecule has 3 rings (SSSR count). The van der Waals surface area contributed by atoms with Gasteiger partial charge in [0, 0.05) is 26.1 Å². The fourth-order valence-corrected chi connectivity index (χ4v) is 4.88. The highest BCUT2D eigenvalue weighted by Gasteiger charge is 2.45. The normalized spacial score (nSPS) is 25.0. The van der Waals surface area contributed by atoms with Crippen LogP contribution in [0.1, 0.15) is 26.2 Å². The molecule has 5 nitrogen and oxygen atoms in total. The molecule has 0 bridgehead atoms. The molecule has 2 saturated heterocycles. The average molecular weight is 343 g/mol. The highest BCUT2D eigenvalue weighted by Crippen LogP contribution is 2.38. The number of sulfonamides is 1. The van der Waals surface area contributed by atoms with Gasteiger partial charge in [-0.25, -0.2) is 12.8 Å². The molecule has 0 aromatic heterocycles. The first-order valence-electron chi connectivity index (χ1n) is 7.96. The van der Waals surface area contributed by atoms with E-state index in [1.165, 1.54) is 22.5 Å². The first-order chi connectivity index (χ1) is 11.0. The molecule has 1 aromatic carbocycles. The summed E-state index contributed by atoms with van der Waals surface area (Å²) in [6.45, 7) is 3.96. The van der Waals surface area contributed by atoms with Crippen LogP contribution in [0, 0.1) is 5.82 Å². The van der Waals surface area contributed by atoms with Gasteiger partial charge in [0.1, 0.15) is 5.82 Å². The maximum absolute atomic E-state index is 13.3. The lowest BCUT2D eigenvalue weighted by molar-refractivity contribution is -0.0336. The first kappa shape index (κ1) is 16.8. The van der Waals surface area contributed by atoms with Crippen LogP contribution in [0.5, 0.6) is 0 Å². The van der Waals surface area contributed by atoms with Crippen LogP contribution in [0.3, 0.4) is 0 Å². The van der Waals surface area contributed by atoms with E-state index in [9.17, 15) is 12.8 Å². The summed E-state index contributed by atoms with van der Waals surface area (Å²) in [4.78, 5) is 0.00739. The number of piperidine rings is 1. The summed E-state index contributed by atoms with van der Waals surface area (Å²) in [7, 11) is -3.65. The van der Waals surface area contributed by atoms with Crippen molar-refractivity contribution in [3.63, 3.8) is 0 Å². The molecule has 1 spiro atoms. The van der Waals surface area contributed by atoms with E-state index in [-0.39, 0.29) is 16.6 Å². The summed E-state index contributed by atoms with van der Waals surface area (Å²) in [5.74, 6) is -0.543. The highest BCUT2D eigenvalue weighted by molar-refractivity contribution is 7.89. The number of hydrogen-bond donors (Lipinski definition) is 0.